The number of benzene rings is 1. The highest BCUT2D eigenvalue weighted by Crippen LogP contribution is 2.19. The summed E-state index contributed by atoms with van der Waals surface area (Å²) in [6.45, 7) is 5.80. The van der Waals surface area contributed by atoms with Crippen molar-refractivity contribution >= 4 is 11.7 Å². The Bertz CT molecular complexity index is 726. The van der Waals surface area contributed by atoms with E-state index in [9.17, 15) is 4.79 Å². The van der Waals surface area contributed by atoms with Crippen LogP contribution >= 0.6 is 0 Å². The molecule has 3 rings (SSSR count). The summed E-state index contributed by atoms with van der Waals surface area (Å²) in [6.07, 6.45) is 3.53. The van der Waals surface area contributed by atoms with E-state index in [1.165, 1.54) is 6.42 Å². The van der Waals surface area contributed by atoms with Gasteiger partial charge in [0.2, 0.25) is 5.89 Å². The van der Waals surface area contributed by atoms with E-state index in [1.807, 2.05) is 31.2 Å². The molecule has 0 saturated carbocycles. The molecule has 2 aromatic rings. The van der Waals surface area contributed by atoms with Gasteiger partial charge in [0.05, 0.1) is 6.10 Å². The molecule has 0 aliphatic carbocycles. The average molecular weight is 374 g/mol. The number of hydrogen-bond donors (Lipinski definition) is 1. The van der Waals surface area contributed by atoms with Crippen molar-refractivity contribution in [1.29, 1.82) is 0 Å². The number of nitrogens with one attached hydrogen (secondary N) is 1. The van der Waals surface area contributed by atoms with Crippen LogP contribution in [0.3, 0.4) is 0 Å². The number of nitrogens with zero attached hydrogens (tertiary/aromatic N) is 3. The second-order valence-electron chi connectivity index (χ2n) is 6.50. The molecule has 0 radical (unpaired) electrons. The number of rotatable bonds is 7. The highest BCUT2D eigenvalue weighted by molar-refractivity contribution is 5.89. The summed E-state index contributed by atoms with van der Waals surface area (Å²) >= 11 is 0. The standard InChI is InChI=1S/C19H26N4O4/c1-3-23(12-18-20-14(2)22-27-18)19(24)21-15-7-9-16(10-8-15)26-13-17-6-4-5-11-25-17/h7-10,17H,3-6,11-13H2,1-2H3,(H,21,24). The number of ether oxygens (including phenoxy) is 2. The zero-order chi connectivity index (χ0) is 19.1. The molecule has 0 bridgehead atoms. The van der Waals surface area contributed by atoms with E-state index >= 15 is 0 Å². The predicted octanol–water partition coefficient (Wildman–Crippen LogP) is 3.38. The van der Waals surface area contributed by atoms with Crippen LogP contribution in [-0.2, 0) is 11.3 Å². The van der Waals surface area contributed by atoms with Gasteiger partial charge in [-0.2, -0.15) is 4.98 Å². The number of amides is 2. The summed E-state index contributed by atoms with van der Waals surface area (Å²) in [5.74, 6) is 1.73. The minimum Gasteiger partial charge on any atom is -0.491 e. The SMILES string of the molecule is CCN(Cc1nc(C)no1)C(=O)Nc1ccc(OCC2CCCCO2)cc1. The van der Waals surface area contributed by atoms with Crippen molar-refractivity contribution < 1.29 is 18.8 Å². The quantitative estimate of drug-likeness (QED) is 0.799. The molecule has 1 N–H and O–H groups in total. The molecule has 146 valence electrons. The van der Waals surface area contributed by atoms with Crippen LogP contribution in [-0.4, -0.2) is 46.9 Å². The van der Waals surface area contributed by atoms with Gasteiger partial charge in [0.1, 0.15) is 18.9 Å². The van der Waals surface area contributed by atoms with Crippen LogP contribution in [0.25, 0.3) is 0 Å². The second kappa shape index (κ2) is 9.36. The van der Waals surface area contributed by atoms with Crippen LogP contribution in [0.5, 0.6) is 5.75 Å². The van der Waals surface area contributed by atoms with E-state index < -0.39 is 0 Å². The molecule has 2 amide bonds. The topological polar surface area (TPSA) is 89.7 Å². The van der Waals surface area contributed by atoms with Crippen molar-refractivity contribution in [3.8, 4) is 5.75 Å². The van der Waals surface area contributed by atoms with E-state index in [2.05, 4.69) is 15.5 Å². The van der Waals surface area contributed by atoms with Crippen LogP contribution < -0.4 is 10.1 Å². The zero-order valence-corrected chi connectivity index (χ0v) is 15.8. The average Bonchev–Trinajstić information content (AvgIpc) is 3.11. The van der Waals surface area contributed by atoms with E-state index in [0.717, 1.165) is 25.2 Å². The lowest BCUT2D eigenvalue weighted by molar-refractivity contribution is -0.0110. The first-order valence-electron chi connectivity index (χ1n) is 9.33. The van der Waals surface area contributed by atoms with Gasteiger partial charge >= 0.3 is 6.03 Å². The maximum Gasteiger partial charge on any atom is 0.322 e. The lowest BCUT2D eigenvalue weighted by Gasteiger charge is -2.22. The Morgan fingerprint density at radius 3 is 2.78 bits per heavy atom. The van der Waals surface area contributed by atoms with Gasteiger partial charge in [-0.15, -0.1) is 0 Å². The minimum atomic E-state index is -0.224. The molecular weight excluding hydrogens is 348 g/mol. The van der Waals surface area contributed by atoms with Gasteiger partial charge in [0.15, 0.2) is 5.82 Å². The molecule has 1 aromatic heterocycles. The first kappa shape index (κ1) is 19.2. The third-order valence-corrected chi connectivity index (χ3v) is 4.38. The summed E-state index contributed by atoms with van der Waals surface area (Å²) in [4.78, 5) is 18.2. The molecule has 1 unspecified atom stereocenters. The molecule has 27 heavy (non-hydrogen) atoms. The van der Waals surface area contributed by atoms with Crippen molar-refractivity contribution in [3.05, 3.63) is 36.0 Å². The Balaban J connectivity index is 1.49. The third-order valence-electron chi connectivity index (χ3n) is 4.38. The lowest BCUT2D eigenvalue weighted by Crippen LogP contribution is -2.34. The van der Waals surface area contributed by atoms with E-state index in [0.29, 0.717) is 30.6 Å². The summed E-state index contributed by atoms with van der Waals surface area (Å²) < 4.78 is 16.5. The normalized spacial score (nSPS) is 16.7. The maximum absolute atomic E-state index is 12.4. The van der Waals surface area contributed by atoms with Crippen LogP contribution in [0, 0.1) is 6.92 Å². The summed E-state index contributed by atoms with van der Waals surface area (Å²) in [6, 6.07) is 7.10. The van der Waals surface area contributed by atoms with Crippen molar-refractivity contribution in [1.82, 2.24) is 15.0 Å². The number of aryl methyl sites for hydroxylation is 1. The summed E-state index contributed by atoms with van der Waals surface area (Å²) in [7, 11) is 0. The van der Waals surface area contributed by atoms with Crippen LogP contribution in [0.4, 0.5) is 10.5 Å². The van der Waals surface area contributed by atoms with Crippen molar-refractivity contribution in [2.24, 2.45) is 0 Å². The largest absolute Gasteiger partial charge is 0.491 e. The number of anilines is 1. The molecule has 1 atom stereocenters. The molecule has 1 aliphatic heterocycles. The molecular formula is C19H26N4O4. The Morgan fingerprint density at radius 1 is 1.33 bits per heavy atom. The first-order chi connectivity index (χ1) is 13.1. The van der Waals surface area contributed by atoms with Gasteiger partial charge < -0.3 is 24.2 Å². The predicted molar refractivity (Wildman–Crippen MR) is 99.7 cm³/mol. The fourth-order valence-corrected chi connectivity index (χ4v) is 2.86. The molecule has 1 fully saturated rings. The maximum atomic E-state index is 12.4. The number of aromatic nitrogens is 2. The highest BCUT2D eigenvalue weighted by atomic mass is 16.5. The van der Waals surface area contributed by atoms with Crippen LogP contribution in [0.1, 0.15) is 37.9 Å². The molecule has 2 heterocycles. The molecule has 8 heteroatoms. The third kappa shape index (κ3) is 5.68. The molecule has 1 aromatic carbocycles. The summed E-state index contributed by atoms with van der Waals surface area (Å²) in [5.41, 5.74) is 0.696. The lowest BCUT2D eigenvalue weighted by atomic mass is 10.1. The van der Waals surface area contributed by atoms with Gasteiger partial charge in [-0.25, -0.2) is 4.79 Å². The Labute approximate surface area is 158 Å². The van der Waals surface area contributed by atoms with E-state index in [4.69, 9.17) is 14.0 Å². The fourth-order valence-electron chi connectivity index (χ4n) is 2.86. The van der Waals surface area contributed by atoms with E-state index in [-0.39, 0.29) is 18.7 Å². The number of hydrogen-bond acceptors (Lipinski definition) is 6. The molecule has 0 spiro atoms. The van der Waals surface area contributed by atoms with Crippen LogP contribution in [0.2, 0.25) is 0 Å². The van der Waals surface area contributed by atoms with Gasteiger partial charge in [-0.3, -0.25) is 0 Å². The van der Waals surface area contributed by atoms with E-state index in [1.54, 1.807) is 11.8 Å². The van der Waals surface area contributed by atoms with Gasteiger partial charge in [-0.1, -0.05) is 5.16 Å². The molecule has 1 saturated heterocycles. The molecule has 1 aliphatic rings. The monoisotopic (exact) mass is 374 g/mol. The van der Waals surface area contributed by atoms with Crippen molar-refractivity contribution in [2.75, 3.05) is 25.1 Å². The van der Waals surface area contributed by atoms with Crippen LogP contribution in [0.15, 0.2) is 28.8 Å². The van der Waals surface area contributed by atoms with Crippen molar-refractivity contribution in [2.45, 2.75) is 45.8 Å². The molecule has 8 nitrogen and oxygen atoms in total. The van der Waals surface area contributed by atoms with Gasteiger partial charge in [-0.05, 0) is 57.4 Å². The second-order valence-corrected chi connectivity index (χ2v) is 6.50. The van der Waals surface area contributed by atoms with Gasteiger partial charge in [0, 0.05) is 18.8 Å². The summed E-state index contributed by atoms with van der Waals surface area (Å²) in [5, 5.41) is 6.61. The number of urea groups is 1. The van der Waals surface area contributed by atoms with Gasteiger partial charge in [0.25, 0.3) is 0 Å². The Kier molecular flexibility index (Phi) is 6.64. The number of carbonyl (C=O) groups excluding carboxylic acids is 1. The highest BCUT2D eigenvalue weighted by Gasteiger charge is 2.16. The minimum absolute atomic E-state index is 0.171. The number of carbonyl (C=O) groups is 1. The first-order valence-corrected chi connectivity index (χ1v) is 9.33. The smallest absolute Gasteiger partial charge is 0.322 e. The fraction of sp³-hybridized carbons (Fsp3) is 0.526. The van der Waals surface area contributed by atoms with Crippen molar-refractivity contribution in [3.63, 3.8) is 0 Å². The zero-order valence-electron chi connectivity index (χ0n) is 15.8. The Morgan fingerprint density at radius 2 is 2.15 bits per heavy atom. The Hall–Kier alpha value is -2.61.